The summed E-state index contributed by atoms with van der Waals surface area (Å²) in [6.45, 7) is 7.11. The molecule has 0 unspecified atom stereocenters. The van der Waals surface area contributed by atoms with Gasteiger partial charge in [-0.15, -0.1) is 11.8 Å². The van der Waals surface area contributed by atoms with Gasteiger partial charge in [0, 0.05) is 31.1 Å². The Labute approximate surface area is 196 Å². The first kappa shape index (κ1) is 23.2. The summed E-state index contributed by atoms with van der Waals surface area (Å²) in [6, 6.07) is 12.5. The lowest BCUT2D eigenvalue weighted by molar-refractivity contribution is -0.116. The highest BCUT2D eigenvalue weighted by Crippen LogP contribution is 2.32. The second kappa shape index (κ2) is 11.2. The normalized spacial score (nSPS) is 14.7. The maximum Gasteiger partial charge on any atom is 0.239 e. The van der Waals surface area contributed by atoms with Gasteiger partial charge in [-0.2, -0.15) is 0 Å². The third-order valence-corrected chi connectivity index (χ3v) is 7.58. The van der Waals surface area contributed by atoms with Crippen LogP contribution in [0, 0.1) is 5.82 Å². The predicted molar refractivity (Wildman–Crippen MR) is 130 cm³/mol. The number of aromatic nitrogens is 1. The minimum absolute atomic E-state index is 0.0263. The van der Waals surface area contributed by atoms with Crippen molar-refractivity contribution in [3.05, 3.63) is 53.8 Å². The van der Waals surface area contributed by atoms with E-state index in [-0.39, 0.29) is 11.7 Å². The molecule has 0 N–H and O–H groups in total. The minimum atomic E-state index is -0.272. The second-order valence-electron chi connectivity index (χ2n) is 7.71. The number of thiazole rings is 1. The Hall–Kier alpha value is -2.00. The van der Waals surface area contributed by atoms with E-state index < -0.39 is 0 Å². The zero-order chi connectivity index (χ0) is 22.3. The fraction of sp³-hybridized carbons (Fsp3) is 0.417. The van der Waals surface area contributed by atoms with Crippen molar-refractivity contribution in [2.75, 3.05) is 50.0 Å². The highest BCUT2D eigenvalue weighted by Gasteiger charge is 2.21. The number of halogens is 1. The zero-order valence-electron chi connectivity index (χ0n) is 18.3. The number of para-hydroxylation sites is 1. The molecule has 1 saturated heterocycles. The molecular weight excluding hydrogens is 445 g/mol. The molecule has 2 aromatic carbocycles. The molecule has 5 nitrogen and oxygen atoms in total. The molecule has 3 aromatic rings. The standard InChI is InChI=1S/C24H28FN3O2S2/c1-2-18-5-3-6-21-23(18)26-24(32-21)28(12-4-11-27-13-15-30-16-14-27)22(29)17-31-20-9-7-19(25)8-10-20/h3,5-10H,2,4,11-17H2,1H3. The van der Waals surface area contributed by atoms with Crippen molar-refractivity contribution in [1.29, 1.82) is 0 Å². The average Bonchev–Trinajstić information content (AvgIpc) is 3.26. The van der Waals surface area contributed by atoms with E-state index in [1.807, 2.05) is 4.90 Å². The van der Waals surface area contributed by atoms with Crippen molar-refractivity contribution in [3.63, 3.8) is 0 Å². The summed E-state index contributed by atoms with van der Waals surface area (Å²) < 4.78 is 19.7. The Morgan fingerprint density at radius 1 is 1.22 bits per heavy atom. The largest absolute Gasteiger partial charge is 0.379 e. The molecule has 0 aliphatic carbocycles. The van der Waals surface area contributed by atoms with Crippen LogP contribution in [0.3, 0.4) is 0 Å². The number of aryl methyl sites for hydroxylation is 1. The SMILES string of the molecule is CCc1cccc2sc(N(CCCN3CCOCC3)C(=O)CSc3ccc(F)cc3)nc12. The number of carbonyl (C=O) groups is 1. The van der Waals surface area contributed by atoms with Gasteiger partial charge in [-0.25, -0.2) is 9.37 Å². The van der Waals surface area contributed by atoms with Crippen LogP contribution in [-0.2, 0) is 16.0 Å². The van der Waals surface area contributed by atoms with Gasteiger partial charge < -0.3 is 4.74 Å². The lowest BCUT2D eigenvalue weighted by Crippen LogP contribution is -2.39. The summed E-state index contributed by atoms with van der Waals surface area (Å²) in [5, 5.41) is 0.757. The molecule has 0 bridgehead atoms. The predicted octanol–water partition coefficient (Wildman–Crippen LogP) is 4.85. The highest BCUT2D eigenvalue weighted by atomic mass is 32.2. The van der Waals surface area contributed by atoms with Crippen LogP contribution in [0.5, 0.6) is 0 Å². The second-order valence-corrected chi connectivity index (χ2v) is 9.77. The van der Waals surface area contributed by atoms with Crippen molar-refractivity contribution >= 4 is 44.4 Å². The Kier molecular flexibility index (Phi) is 8.13. The van der Waals surface area contributed by atoms with E-state index in [4.69, 9.17) is 9.72 Å². The van der Waals surface area contributed by atoms with Gasteiger partial charge >= 0.3 is 0 Å². The maximum absolute atomic E-state index is 13.3. The van der Waals surface area contributed by atoms with Gasteiger partial charge in [0.15, 0.2) is 5.13 Å². The molecular formula is C24H28FN3O2S2. The lowest BCUT2D eigenvalue weighted by atomic mass is 10.1. The number of anilines is 1. The van der Waals surface area contributed by atoms with Crippen LogP contribution in [0.15, 0.2) is 47.4 Å². The van der Waals surface area contributed by atoms with E-state index in [1.165, 1.54) is 29.5 Å². The maximum atomic E-state index is 13.3. The van der Waals surface area contributed by atoms with Crippen molar-refractivity contribution in [2.24, 2.45) is 0 Å². The number of hydrogen-bond acceptors (Lipinski definition) is 6. The number of ether oxygens (including phenoxy) is 1. The van der Waals surface area contributed by atoms with Crippen molar-refractivity contribution < 1.29 is 13.9 Å². The molecule has 1 aliphatic rings. The van der Waals surface area contributed by atoms with E-state index in [0.29, 0.717) is 12.3 Å². The Balaban J connectivity index is 1.48. The summed E-state index contributed by atoms with van der Waals surface area (Å²) in [4.78, 5) is 23.2. The number of morpholine rings is 1. The molecule has 4 rings (SSSR count). The number of thioether (sulfide) groups is 1. The molecule has 32 heavy (non-hydrogen) atoms. The Bertz CT molecular complexity index is 1040. The van der Waals surface area contributed by atoms with Gasteiger partial charge in [-0.3, -0.25) is 14.6 Å². The van der Waals surface area contributed by atoms with Gasteiger partial charge in [-0.05, 0) is 48.7 Å². The van der Waals surface area contributed by atoms with Crippen LogP contribution in [0.2, 0.25) is 0 Å². The van der Waals surface area contributed by atoms with Gasteiger partial charge in [0.25, 0.3) is 0 Å². The van der Waals surface area contributed by atoms with Crippen LogP contribution in [0.1, 0.15) is 18.9 Å². The molecule has 1 aromatic heterocycles. The Morgan fingerprint density at radius 2 is 2.00 bits per heavy atom. The summed E-state index contributed by atoms with van der Waals surface area (Å²) in [5.41, 5.74) is 2.19. The van der Waals surface area contributed by atoms with Gasteiger partial charge in [0.05, 0.1) is 29.2 Å². The molecule has 0 spiro atoms. The molecule has 0 radical (unpaired) electrons. The number of nitrogens with zero attached hydrogens (tertiary/aromatic N) is 3. The molecule has 1 fully saturated rings. The van der Waals surface area contributed by atoms with E-state index in [1.54, 1.807) is 23.5 Å². The van der Waals surface area contributed by atoms with Gasteiger partial charge in [-0.1, -0.05) is 30.4 Å². The average molecular weight is 474 g/mol. The molecule has 1 aliphatic heterocycles. The molecule has 8 heteroatoms. The third kappa shape index (κ3) is 5.86. The first-order valence-corrected chi connectivity index (χ1v) is 12.8. The zero-order valence-corrected chi connectivity index (χ0v) is 19.9. The van der Waals surface area contributed by atoms with Crippen LogP contribution in [-0.4, -0.2) is 60.9 Å². The summed E-state index contributed by atoms with van der Waals surface area (Å²) >= 11 is 3.00. The van der Waals surface area contributed by atoms with E-state index in [2.05, 4.69) is 30.0 Å². The van der Waals surface area contributed by atoms with Crippen LogP contribution in [0.4, 0.5) is 9.52 Å². The summed E-state index contributed by atoms with van der Waals surface area (Å²) in [5.74, 6) is 0.0461. The van der Waals surface area contributed by atoms with Crippen LogP contribution < -0.4 is 4.90 Å². The highest BCUT2D eigenvalue weighted by molar-refractivity contribution is 8.00. The van der Waals surface area contributed by atoms with E-state index in [9.17, 15) is 9.18 Å². The fourth-order valence-corrected chi connectivity index (χ4v) is 5.58. The van der Waals surface area contributed by atoms with E-state index >= 15 is 0 Å². The minimum Gasteiger partial charge on any atom is -0.379 e. The van der Waals surface area contributed by atoms with Gasteiger partial charge in [0.1, 0.15) is 5.82 Å². The van der Waals surface area contributed by atoms with Crippen molar-refractivity contribution in [2.45, 2.75) is 24.7 Å². The van der Waals surface area contributed by atoms with Gasteiger partial charge in [0.2, 0.25) is 5.91 Å². The number of benzene rings is 2. The number of rotatable bonds is 9. The number of hydrogen-bond donors (Lipinski definition) is 0. The summed E-state index contributed by atoms with van der Waals surface area (Å²) in [7, 11) is 0. The fourth-order valence-electron chi connectivity index (χ4n) is 3.75. The molecule has 0 atom stereocenters. The Morgan fingerprint density at radius 3 is 2.75 bits per heavy atom. The van der Waals surface area contributed by atoms with Crippen molar-refractivity contribution in [1.82, 2.24) is 9.88 Å². The number of amides is 1. The molecule has 0 saturated carbocycles. The summed E-state index contributed by atoms with van der Waals surface area (Å²) in [6.07, 6.45) is 1.79. The number of carbonyl (C=O) groups excluding carboxylic acids is 1. The first-order valence-electron chi connectivity index (χ1n) is 11.0. The van der Waals surface area contributed by atoms with Crippen LogP contribution in [0.25, 0.3) is 10.2 Å². The third-order valence-electron chi connectivity index (χ3n) is 5.54. The topological polar surface area (TPSA) is 45.7 Å². The first-order chi connectivity index (χ1) is 15.6. The van der Waals surface area contributed by atoms with Crippen molar-refractivity contribution in [3.8, 4) is 0 Å². The number of fused-ring (bicyclic) bond motifs is 1. The molecule has 2 heterocycles. The van der Waals surface area contributed by atoms with Crippen LogP contribution >= 0.6 is 23.1 Å². The van der Waals surface area contributed by atoms with E-state index in [0.717, 1.165) is 65.9 Å². The lowest BCUT2D eigenvalue weighted by Gasteiger charge is -2.27. The quantitative estimate of drug-likeness (QED) is 0.416. The molecule has 1 amide bonds. The molecule has 170 valence electrons. The monoisotopic (exact) mass is 473 g/mol. The smallest absolute Gasteiger partial charge is 0.239 e.